The number of hydrogen-bond acceptors (Lipinski definition) is 4. The minimum atomic E-state index is -0.417. The molecule has 1 saturated heterocycles. The SMILES string of the molecule is CNCC1CCN(C(=O)C(C)OCc2cccc(OC)c2)C1.Cl. The Kier molecular flexibility index (Phi) is 8.37. The van der Waals surface area contributed by atoms with Crippen LogP contribution in [0.15, 0.2) is 24.3 Å². The minimum absolute atomic E-state index is 0. The van der Waals surface area contributed by atoms with Gasteiger partial charge in [0, 0.05) is 13.1 Å². The summed E-state index contributed by atoms with van der Waals surface area (Å²) >= 11 is 0. The van der Waals surface area contributed by atoms with E-state index in [0.717, 1.165) is 37.4 Å². The predicted molar refractivity (Wildman–Crippen MR) is 93.1 cm³/mol. The van der Waals surface area contributed by atoms with Crippen LogP contribution in [0.3, 0.4) is 0 Å². The van der Waals surface area contributed by atoms with Crippen molar-refractivity contribution >= 4 is 18.3 Å². The van der Waals surface area contributed by atoms with Crippen LogP contribution < -0.4 is 10.1 Å². The number of halogens is 1. The number of nitrogens with zero attached hydrogens (tertiary/aromatic N) is 1. The molecule has 130 valence electrons. The third kappa shape index (κ3) is 5.68. The summed E-state index contributed by atoms with van der Waals surface area (Å²) in [6, 6.07) is 7.71. The number of nitrogens with one attached hydrogen (secondary N) is 1. The first-order valence-corrected chi connectivity index (χ1v) is 7.82. The van der Waals surface area contributed by atoms with Crippen molar-refractivity contribution in [3.63, 3.8) is 0 Å². The highest BCUT2D eigenvalue weighted by Crippen LogP contribution is 2.18. The Bertz CT molecular complexity index is 498. The fourth-order valence-electron chi connectivity index (χ4n) is 2.80. The third-order valence-electron chi connectivity index (χ3n) is 4.07. The largest absolute Gasteiger partial charge is 0.497 e. The first-order chi connectivity index (χ1) is 10.6. The average Bonchev–Trinajstić information content (AvgIpc) is 3.01. The number of ether oxygens (including phenoxy) is 2. The lowest BCUT2D eigenvalue weighted by Crippen LogP contribution is -2.38. The smallest absolute Gasteiger partial charge is 0.251 e. The van der Waals surface area contributed by atoms with Crippen LogP contribution in [0.4, 0.5) is 0 Å². The molecule has 1 aromatic carbocycles. The molecule has 1 heterocycles. The van der Waals surface area contributed by atoms with Crippen molar-refractivity contribution in [3.8, 4) is 5.75 Å². The van der Waals surface area contributed by atoms with Crippen molar-refractivity contribution in [1.82, 2.24) is 10.2 Å². The van der Waals surface area contributed by atoms with E-state index in [4.69, 9.17) is 9.47 Å². The topological polar surface area (TPSA) is 50.8 Å². The summed E-state index contributed by atoms with van der Waals surface area (Å²) < 4.78 is 10.9. The molecule has 2 atom stereocenters. The Balaban J connectivity index is 0.00000264. The molecule has 5 nitrogen and oxygen atoms in total. The Hall–Kier alpha value is -1.30. The zero-order chi connectivity index (χ0) is 15.9. The van der Waals surface area contributed by atoms with Crippen LogP contribution in [0.5, 0.6) is 5.75 Å². The van der Waals surface area contributed by atoms with Gasteiger partial charge in [-0.2, -0.15) is 0 Å². The Morgan fingerprint density at radius 1 is 1.48 bits per heavy atom. The first kappa shape index (κ1) is 19.7. The third-order valence-corrected chi connectivity index (χ3v) is 4.07. The standard InChI is InChI=1S/C17H26N2O3.ClH/c1-13(17(20)19-8-7-15(11-19)10-18-2)22-12-14-5-4-6-16(9-14)21-3;/h4-6,9,13,15,18H,7-8,10-12H2,1-3H3;1H. The van der Waals surface area contributed by atoms with Gasteiger partial charge in [0.1, 0.15) is 11.9 Å². The molecule has 0 bridgehead atoms. The van der Waals surface area contributed by atoms with Gasteiger partial charge < -0.3 is 19.7 Å². The van der Waals surface area contributed by atoms with Crippen LogP contribution in [0.1, 0.15) is 18.9 Å². The molecule has 1 aliphatic rings. The Morgan fingerprint density at radius 2 is 2.26 bits per heavy atom. The van der Waals surface area contributed by atoms with E-state index in [1.807, 2.05) is 43.1 Å². The molecule has 0 aliphatic carbocycles. The van der Waals surface area contributed by atoms with Crippen molar-refractivity contribution in [2.45, 2.75) is 26.1 Å². The minimum Gasteiger partial charge on any atom is -0.497 e. The first-order valence-electron chi connectivity index (χ1n) is 7.82. The van der Waals surface area contributed by atoms with Crippen molar-refractivity contribution in [1.29, 1.82) is 0 Å². The van der Waals surface area contributed by atoms with Crippen LogP contribution in [0.25, 0.3) is 0 Å². The summed E-state index contributed by atoms with van der Waals surface area (Å²) in [6.07, 6.45) is 0.648. The molecule has 2 unspecified atom stereocenters. The number of carbonyl (C=O) groups excluding carboxylic acids is 1. The van der Waals surface area contributed by atoms with Crippen LogP contribution in [0, 0.1) is 5.92 Å². The van der Waals surface area contributed by atoms with Gasteiger partial charge in [-0.05, 0) is 50.6 Å². The number of hydrogen-bond donors (Lipinski definition) is 1. The maximum atomic E-state index is 12.4. The maximum Gasteiger partial charge on any atom is 0.251 e. The summed E-state index contributed by atoms with van der Waals surface area (Å²) in [5.74, 6) is 1.44. The fraction of sp³-hybridized carbons (Fsp3) is 0.588. The van der Waals surface area contributed by atoms with E-state index in [9.17, 15) is 4.79 Å². The summed E-state index contributed by atoms with van der Waals surface area (Å²) in [7, 11) is 3.59. The molecular formula is C17H27ClN2O3. The zero-order valence-electron chi connectivity index (χ0n) is 14.1. The van der Waals surface area contributed by atoms with Gasteiger partial charge in [0.2, 0.25) is 0 Å². The molecule has 1 amide bonds. The van der Waals surface area contributed by atoms with E-state index < -0.39 is 6.10 Å². The Morgan fingerprint density at radius 3 is 2.96 bits per heavy atom. The highest BCUT2D eigenvalue weighted by Gasteiger charge is 2.28. The molecule has 23 heavy (non-hydrogen) atoms. The van der Waals surface area contributed by atoms with Crippen molar-refractivity contribution < 1.29 is 14.3 Å². The lowest BCUT2D eigenvalue weighted by molar-refractivity contribution is -0.142. The average molecular weight is 343 g/mol. The molecule has 0 aromatic heterocycles. The Labute approximate surface area is 144 Å². The lowest BCUT2D eigenvalue weighted by Gasteiger charge is -2.21. The summed E-state index contributed by atoms with van der Waals surface area (Å²) in [6.45, 7) is 4.86. The highest BCUT2D eigenvalue weighted by atomic mass is 35.5. The van der Waals surface area contributed by atoms with Gasteiger partial charge in [-0.1, -0.05) is 12.1 Å². The molecule has 0 radical (unpaired) electrons. The lowest BCUT2D eigenvalue weighted by atomic mass is 10.1. The summed E-state index contributed by atoms with van der Waals surface area (Å²) in [5, 5.41) is 3.17. The second-order valence-electron chi connectivity index (χ2n) is 5.80. The summed E-state index contributed by atoms with van der Waals surface area (Å²) in [4.78, 5) is 14.3. The van der Waals surface area contributed by atoms with Crippen LogP contribution >= 0.6 is 12.4 Å². The van der Waals surface area contributed by atoms with Crippen LogP contribution in [-0.4, -0.2) is 50.7 Å². The van der Waals surface area contributed by atoms with E-state index in [-0.39, 0.29) is 18.3 Å². The van der Waals surface area contributed by atoms with Crippen LogP contribution in [0.2, 0.25) is 0 Å². The van der Waals surface area contributed by atoms with Crippen molar-refractivity contribution in [3.05, 3.63) is 29.8 Å². The number of likely N-dealkylation sites (tertiary alicyclic amines) is 1. The molecule has 1 N–H and O–H groups in total. The van der Waals surface area contributed by atoms with Gasteiger partial charge in [-0.3, -0.25) is 4.79 Å². The second-order valence-corrected chi connectivity index (χ2v) is 5.80. The highest BCUT2D eigenvalue weighted by molar-refractivity contribution is 5.85. The molecular weight excluding hydrogens is 316 g/mol. The van der Waals surface area contributed by atoms with Gasteiger partial charge in [0.05, 0.1) is 13.7 Å². The fourth-order valence-corrected chi connectivity index (χ4v) is 2.80. The van der Waals surface area contributed by atoms with Crippen molar-refractivity contribution in [2.24, 2.45) is 5.92 Å². The maximum absolute atomic E-state index is 12.4. The number of carbonyl (C=O) groups is 1. The van der Waals surface area contributed by atoms with E-state index in [0.29, 0.717) is 12.5 Å². The van der Waals surface area contributed by atoms with Gasteiger partial charge in [0.15, 0.2) is 0 Å². The number of rotatable bonds is 7. The van der Waals surface area contributed by atoms with Gasteiger partial charge >= 0.3 is 0 Å². The number of benzene rings is 1. The number of amides is 1. The molecule has 0 saturated carbocycles. The molecule has 0 spiro atoms. The molecule has 1 aromatic rings. The van der Waals surface area contributed by atoms with Gasteiger partial charge in [-0.15, -0.1) is 12.4 Å². The molecule has 1 fully saturated rings. The van der Waals surface area contributed by atoms with E-state index in [2.05, 4.69) is 5.32 Å². The monoisotopic (exact) mass is 342 g/mol. The zero-order valence-corrected chi connectivity index (χ0v) is 14.9. The molecule has 6 heteroatoms. The quantitative estimate of drug-likeness (QED) is 0.824. The van der Waals surface area contributed by atoms with Gasteiger partial charge in [-0.25, -0.2) is 0 Å². The van der Waals surface area contributed by atoms with E-state index in [1.165, 1.54) is 0 Å². The molecule has 2 rings (SSSR count). The van der Waals surface area contributed by atoms with Gasteiger partial charge in [0.25, 0.3) is 5.91 Å². The predicted octanol–water partition coefficient (Wildman–Crippen LogP) is 2.09. The van der Waals surface area contributed by atoms with E-state index >= 15 is 0 Å². The summed E-state index contributed by atoms with van der Waals surface area (Å²) in [5.41, 5.74) is 1.01. The van der Waals surface area contributed by atoms with Crippen molar-refractivity contribution in [2.75, 3.05) is 33.8 Å². The molecule has 1 aliphatic heterocycles. The van der Waals surface area contributed by atoms with E-state index in [1.54, 1.807) is 7.11 Å². The normalized spacial score (nSPS) is 18.4. The number of methoxy groups -OCH3 is 1. The van der Waals surface area contributed by atoms with Crippen LogP contribution in [-0.2, 0) is 16.1 Å². The second kappa shape index (κ2) is 9.75.